The summed E-state index contributed by atoms with van der Waals surface area (Å²) in [6.45, 7) is 6.52. The van der Waals surface area contributed by atoms with E-state index in [2.05, 4.69) is 48.0 Å². The number of nitrogens with zero attached hydrogens (tertiary/aromatic N) is 2. The quantitative estimate of drug-likeness (QED) is 0.533. The molecule has 0 aliphatic carbocycles. The number of carbonyl (C=O) groups is 1. The first-order valence-electron chi connectivity index (χ1n) is 11.0. The molecule has 4 rings (SSSR count). The zero-order chi connectivity index (χ0) is 22.6. The zero-order valence-electron chi connectivity index (χ0n) is 18.8. The van der Waals surface area contributed by atoms with Crippen LogP contribution < -0.4 is 4.74 Å². The van der Waals surface area contributed by atoms with Gasteiger partial charge in [0, 0.05) is 30.1 Å². The number of pyridine rings is 1. The van der Waals surface area contributed by atoms with Crippen LogP contribution >= 0.6 is 0 Å². The molecule has 3 aromatic rings. The summed E-state index contributed by atoms with van der Waals surface area (Å²) in [5.74, 6) is 6.93. The Morgan fingerprint density at radius 2 is 1.59 bits per heavy atom. The van der Waals surface area contributed by atoms with Gasteiger partial charge in [-0.2, -0.15) is 0 Å². The maximum atomic E-state index is 13.4. The van der Waals surface area contributed by atoms with E-state index < -0.39 is 5.60 Å². The number of hydrogen-bond acceptors (Lipinski definition) is 3. The van der Waals surface area contributed by atoms with Gasteiger partial charge in [0.1, 0.15) is 5.75 Å². The molecule has 2 aromatic carbocycles. The summed E-state index contributed by atoms with van der Waals surface area (Å²) in [7, 11) is 0. The summed E-state index contributed by atoms with van der Waals surface area (Å²) in [6.07, 6.45) is 5.44. The van der Waals surface area contributed by atoms with Crippen molar-refractivity contribution in [2.75, 3.05) is 6.54 Å². The number of aromatic nitrogens is 1. The van der Waals surface area contributed by atoms with E-state index in [-0.39, 0.29) is 11.9 Å². The maximum absolute atomic E-state index is 13.4. The lowest BCUT2D eigenvalue weighted by atomic mass is 10.0. The molecule has 1 atom stereocenters. The molecule has 0 spiro atoms. The third-order valence-corrected chi connectivity index (χ3v) is 5.75. The summed E-state index contributed by atoms with van der Waals surface area (Å²) < 4.78 is 6.15. The summed E-state index contributed by atoms with van der Waals surface area (Å²) >= 11 is 0. The molecule has 1 aromatic heterocycles. The van der Waals surface area contributed by atoms with Crippen LogP contribution in [0, 0.1) is 18.8 Å². The molecule has 4 heteroatoms. The first-order valence-corrected chi connectivity index (χ1v) is 11.0. The van der Waals surface area contributed by atoms with Crippen LogP contribution in [0.25, 0.3) is 0 Å². The molecule has 1 amide bonds. The smallest absolute Gasteiger partial charge is 0.266 e. The Labute approximate surface area is 190 Å². The number of likely N-dealkylation sites (tertiary alicyclic amines) is 1. The SMILES string of the molecule is Cc1ccc(C2CCCN2C(=O)C(C)(C)Oc2ccc(C#Cc3ccncc3)cc2)cc1. The number of hydrogen-bond donors (Lipinski definition) is 0. The molecule has 0 radical (unpaired) electrons. The normalized spacial score (nSPS) is 15.7. The minimum Gasteiger partial charge on any atom is -0.478 e. The fraction of sp³-hybridized carbons (Fsp3) is 0.286. The zero-order valence-corrected chi connectivity index (χ0v) is 18.8. The summed E-state index contributed by atoms with van der Waals surface area (Å²) in [6, 6.07) is 19.9. The molecular weight excluding hydrogens is 396 g/mol. The Balaban J connectivity index is 1.44. The summed E-state index contributed by atoms with van der Waals surface area (Å²) in [5.41, 5.74) is 3.26. The van der Waals surface area contributed by atoms with Crippen LogP contribution in [-0.2, 0) is 4.79 Å². The van der Waals surface area contributed by atoms with Gasteiger partial charge in [-0.05, 0) is 75.6 Å². The van der Waals surface area contributed by atoms with Crippen molar-refractivity contribution in [3.63, 3.8) is 0 Å². The minimum absolute atomic E-state index is 0.0159. The van der Waals surface area contributed by atoms with Crippen LogP contribution in [0.3, 0.4) is 0 Å². The van der Waals surface area contributed by atoms with Crippen LogP contribution in [0.1, 0.15) is 55.0 Å². The minimum atomic E-state index is -0.961. The van der Waals surface area contributed by atoms with Gasteiger partial charge in [0.25, 0.3) is 5.91 Å². The molecule has 32 heavy (non-hydrogen) atoms. The number of amides is 1. The lowest BCUT2D eigenvalue weighted by Gasteiger charge is -2.33. The topological polar surface area (TPSA) is 42.4 Å². The van der Waals surface area contributed by atoms with E-state index in [0.29, 0.717) is 5.75 Å². The van der Waals surface area contributed by atoms with E-state index in [1.807, 2.05) is 55.1 Å². The predicted octanol–water partition coefficient (Wildman–Crippen LogP) is 5.31. The molecule has 1 unspecified atom stereocenters. The standard InChI is InChI=1S/C28H28N2O2/c1-21-6-12-24(13-7-21)26-5-4-20-30(26)27(31)28(2,3)32-25-14-10-22(11-15-25)8-9-23-16-18-29-19-17-23/h6-7,10-19,26H,4-5,20H2,1-3H3. The number of rotatable bonds is 4. The van der Waals surface area contributed by atoms with Gasteiger partial charge in [-0.25, -0.2) is 0 Å². The second-order valence-electron chi connectivity index (χ2n) is 8.69. The van der Waals surface area contributed by atoms with Crippen LogP contribution in [0.2, 0.25) is 0 Å². The van der Waals surface area contributed by atoms with E-state index in [1.54, 1.807) is 12.4 Å². The Morgan fingerprint density at radius 3 is 2.25 bits per heavy atom. The molecule has 1 aliphatic rings. The van der Waals surface area contributed by atoms with E-state index in [4.69, 9.17) is 4.74 Å². The van der Waals surface area contributed by atoms with E-state index in [0.717, 1.165) is 30.5 Å². The van der Waals surface area contributed by atoms with E-state index >= 15 is 0 Å². The molecule has 1 fully saturated rings. The second kappa shape index (κ2) is 9.28. The second-order valence-corrected chi connectivity index (χ2v) is 8.69. The third kappa shape index (κ3) is 5.00. The average molecular weight is 425 g/mol. The maximum Gasteiger partial charge on any atom is 0.266 e. The fourth-order valence-electron chi connectivity index (χ4n) is 4.01. The number of ether oxygens (including phenoxy) is 1. The van der Waals surface area contributed by atoms with Crippen molar-refractivity contribution in [1.82, 2.24) is 9.88 Å². The highest BCUT2D eigenvalue weighted by atomic mass is 16.5. The monoisotopic (exact) mass is 424 g/mol. The van der Waals surface area contributed by atoms with E-state index in [9.17, 15) is 4.79 Å². The molecule has 162 valence electrons. The summed E-state index contributed by atoms with van der Waals surface area (Å²) in [4.78, 5) is 19.4. The Hall–Kier alpha value is -3.58. The lowest BCUT2D eigenvalue weighted by Crippen LogP contribution is -2.48. The van der Waals surface area contributed by atoms with Gasteiger partial charge >= 0.3 is 0 Å². The van der Waals surface area contributed by atoms with Gasteiger partial charge in [-0.15, -0.1) is 0 Å². The highest BCUT2D eigenvalue weighted by Crippen LogP contribution is 2.34. The Kier molecular flexibility index (Phi) is 6.28. The van der Waals surface area contributed by atoms with Crippen molar-refractivity contribution in [3.05, 3.63) is 95.3 Å². The number of aryl methyl sites for hydroxylation is 1. The molecule has 0 saturated carbocycles. The molecule has 1 aliphatic heterocycles. The fourth-order valence-corrected chi connectivity index (χ4v) is 4.01. The lowest BCUT2D eigenvalue weighted by molar-refractivity contribution is -0.146. The van der Waals surface area contributed by atoms with Crippen LogP contribution in [-0.4, -0.2) is 27.9 Å². The van der Waals surface area contributed by atoms with Crippen molar-refractivity contribution < 1.29 is 9.53 Å². The van der Waals surface area contributed by atoms with Crippen LogP contribution in [0.4, 0.5) is 0 Å². The van der Waals surface area contributed by atoms with Crippen molar-refractivity contribution in [2.45, 2.75) is 45.3 Å². The molecule has 0 bridgehead atoms. The average Bonchev–Trinajstić information content (AvgIpc) is 3.29. The highest BCUT2D eigenvalue weighted by molar-refractivity contribution is 5.85. The van der Waals surface area contributed by atoms with Crippen LogP contribution in [0.15, 0.2) is 73.1 Å². The largest absolute Gasteiger partial charge is 0.478 e. The summed E-state index contributed by atoms with van der Waals surface area (Å²) in [5, 5.41) is 0. The van der Waals surface area contributed by atoms with Gasteiger partial charge in [-0.1, -0.05) is 41.7 Å². The Morgan fingerprint density at radius 1 is 0.969 bits per heavy atom. The molecule has 1 saturated heterocycles. The third-order valence-electron chi connectivity index (χ3n) is 5.75. The van der Waals surface area contributed by atoms with Crippen molar-refractivity contribution in [1.29, 1.82) is 0 Å². The number of benzene rings is 2. The molecule has 2 heterocycles. The van der Waals surface area contributed by atoms with Gasteiger partial charge in [0.2, 0.25) is 0 Å². The van der Waals surface area contributed by atoms with Crippen molar-refractivity contribution in [2.24, 2.45) is 0 Å². The van der Waals surface area contributed by atoms with Gasteiger partial charge in [0.05, 0.1) is 6.04 Å². The van der Waals surface area contributed by atoms with E-state index in [1.165, 1.54) is 11.1 Å². The van der Waals surface area contributed by atoms with Gasteiger partial charge in [0.15, 0.2) is 5.60 Å². The Bertz CT molecular complexity index is 1120. The first kappa shape index (κ1) is 21.6. The number of carbonyl (C=O) groups excluding carboxylic acids is 1. The van der Waals surface area contributed by atoms with Crippen LogP contribution in [0.5, 0.6) is 5.75 Å². The molecule has 4 nitrogen and oxygen atoms in total. The predicted molar refractivity (Wildman–Crippen MR) is 126 cm³/mol. The van der Waals surface area contributed by atoms with Crippen molar-refractivity contribution in [3.8, 4) is 17.6 Å². The van der Waals surface area contributed by atoms with Gasteiger partial charge in [-0.3, -0.25) is 9.78 Å². The highest BCUT2D eigenvalue weighted by Gasteiger charge is 2.40. The molecule has 0 N–H and O–H groups in total. The van der Waals surface area contributed by atoms with Crippen molar-refractivity contribution >= 4 is 5.91 Å². The van der Waals surface area contributed by atoms with Gasteiger partial charge < -0.3 is 9.64 Å². The molecular formula is C28H28N2O2. The first-order chi connectivity index (χ1) is 15.4.